The van der Waals surface area contributed by atoms with Gasteiger partial charge in [0.15, 0.2) is 5.11 Å². The Labute approximate surface area is 127 Å². The van der Waals surface area contributed by atoms with Gasteiger partial charge in [-0.05, 0) is 37.2 Å². The summed E-state index contributed by atoms with van der Waals surface area (Å²) >= 11 is 5.15. The first-order valence-corrected chi connectivity index (χ1v) is 7.00. The molecule has 0 spiro atoms. The molecule has 0 bridgehead atoms. The van der Waals surface area contributed by atoms with E-state index in [4.69, 9.17) is 21.7 Å². The van der Waals surface area contributed by atoms with Gasteiger partial charge in [0, 0.05) is 13.2 Å². The molecule has 0 aliphatic carbocycles. The Morgan fingerprint density at radius 3 is 3.05 bits per heavy atom. The van der Waals surface area contributed by atoms with Gasteiger partial charge >= 0.3 is 0 Å². The molecule has 0 saturated carbocycles. The zero-order chi connectivity index (χ0) is 15.2. The molecule has 21 heavy (non-hydrogen) atoms. The second kappa shape index (κ2) is 7.19. The smallest absolute Gasteiger partial charge is 0.296 e. The summed E-state index contributed by atoms with van der Waals surface area (Å²) in [4.78, 5) is 10.6. The van der Waals surface area contributed by atoms with E-state index in [0.717, 1.165) is 19.4 Å². The molecule has 1 fully saturated rings. The summed E-state index contributed by atoms with van der Waals surface area (Å²) in [7, 11) is 1.46. The van der Waals surface area contributed by atoms with Crippen molar-refractivity contribution in [2.24, 2.45) is 0 Å². The van der Waals surface area contributed by atoms with Crippen LogP contribution in [0.1, 0.15) is 12.8 Å². The van der Waals surface area contributed by atoms with Crippen molar-refractivity contribution < 1.29 is 14.4 Å². The fourth-order valence-corrected chi connectivity index (χ4v) is 2.27. The van der Waals surface area contributed by atoms with E-state index in [-0.39, 0.29) is 11.8 Å². The molecule has 114 valence electrons. The molecule has 1 heterocycles. The number of hydrogen-bond donors (Lipinski definition) is 2. The van der Waals surface area contributed by atoms with Gasteiger partial charge in [0.25, 0.3) is 5.69 Å². The van der Waals surface area contributed by atoms with Crippen molar-refractivity contribution in [3.8, 4) is 5.75 Å². The molecule has 1 aliphatic rings. The van der Waals surface area contributed by atoms with E-state index < -0.39 is 4.92 Å². The van der Waals surface area contributed by atoms with Crippen molar-refractivity contribution in [3.05, 3.63) is 28.3 Å². The third-order valence-electron chi connectivity index (χ3n) is 3.16. The third kappa shape index (κ3) is 4.27. The normalized spacial score (nSPS) is 17.3. The molecule has 0 radical (unpaired) electrons. The van der Waals surface area contributed by atoms with Crippen LogP contribution < -0.4 is 15.4 Å². The second-order valence-electron chi connectivity index (χ2n) is 4.61. The Balaban J connectivity index is 1.97. The number of ether oxygens (including phenoxy) is 2. The van der Waals surface area contributed by atoms with Gasteiger partial charge in [0.1, 0.15) is 11.4 Å². The first-order chi connectivity index (χ1) is 10.1. The zero-order valence-corrected chi connectivity index (χ0v) is 12.4. The number of nitro groups is 1. The largest absolute Gasteiger partial charge is 0.496 e. The van der Waals surface area contributed by atoms with Crippen LogP contribution in [0.5, 0.6) is 5.75 Å². The minimum atomic E-state index is -0.479. The van der Waals surface area contributed by atoms with Crippen molar-refractivity contribution in [2.45, 2.75) is 18.9 Å². The number of methoxy groups -OCH3 is 1. The number of thiocarbonyl (C=S) groups is 1. The summed E-state index contributed by atoms with van der Waals surface area (Å²) < 4.78 is 10.5. The first-order valence-electron chi connectivity index (χ1n) is 6.59. The molecular weight excluding hydrogens is 294 g/mol. The van der Waals surface area contributed by atoms with Crippen LogP contribution in [0.3, 0.4) is 0 Å². The van der Waals surface area contributed by atoms with E-state index >= 15 is 0 Å². The molecule has 1 unspecified atom stereocenters. The van der Waals surface area contributed by atoms with Crippen LogP contribution in [0, 0.1) is 10.1 Å². The van der Waals surface area contributed by atoms with Crippen molar-refractivity contribution in [3.63, 3.8) is 0 Å². The van der Waals surface area contributed by atoms with Gasteiger partial charge in [0.05, 0.1) is 24.2 Å². The Hall–Kier alpha value is -1.93. The maximum atomic E-state index is 11.1. The van der Waals surface area contributed by atoms with Crippen LogP contribution in [0.4, 0.5) is 11.4 Å². The van der Waals surface area contributed by atoms with Gasteiger partial charge in [-0.1, -0.05) is 0 Å². The maximum absolute atomic E-state index is 11.1. The second-order valence-corrected chi connectivity index (χ2v) is 5.02. The van der Waals surface area contributed by atoms with Crippen molar-refractivity contribution in [2.75, 3.05) is 25.6 Å². The lowest BCUT2D eigenvalue weighted by molar-refractivity contribution is -0.384. The Bertz CT molecular complexity index is 532. The lowest BCUT2D eigenvalue weighted by atomic mass is 10.2. The number of benzene rings is 1. The van der Waals surface area contributed by atoms with Crippen LogP contribution in [0.25, 0.3) is 0 Å². The van der Waals surface area contributed by atoms with Crippen LogP contribution in [0.2, 0.25) is 0 Å². The number of nitro benzene ring substituents is 1. The fourth-order valence-electron chi connectivity index (χ4n) is 2.07. The van der Waals surface area contributed by atoms with Gasteiger partial charge in [-0.25, -0.2) is 0 Å². The Morgan fingerprint density at radius 2 is 2.43 bits per heavy atom. The minimum Gasteiger partial charge on any atom is -0.496 e. The molecule has 1 atom stereocenters. The molecular formula is C13H17N3O4S. The van der Waals surface area contributed by atoms with Crippen molar-refractivity contribution >= 4 is 28.7 Å². The molecule has 1 aliphatic heterocycles. The highest BCUT2D eigenvalue weighted by Gasteiger charge is 2.18. The van der Waals surface area contributed by atoms with E-state index in [1.165, 1.54) is 13.2 Å². The average molecular weight is 311 g/mol. The van der Waals surface area contributed by atoms with E-state index in [9.17, 15) is 10.1 Å². The molecule has 0 amide bonds. The molecule has 1 aromatic carbocycles. The summed E-state index contributed by atoms with van der Waals surface area (Å²) in [5, 5.41) is 17.2. The summed E-state index contributed by atoms with van der Waals surface area (Å²) in [6.45, 7) is 1.37. The molecule has 7 nitrogen and oxygen atoms in total. The van der Waals surface area contributed by atoms with Gasteiger partial charge < -0.3 is 20.1 Å². The molecule has 0 aromatic heterocycles. The number of rotatable bonds is 5. The first kappa shape index (κ1) is 15.5. The summed E-state index contributed by atoms with van der Waals surface area (Å²) in [6.07, 6.45) is 2.20. The predicted molar refractivity (Wildman–Crippen MR) is 82.8 cm³/mol. The lowest BCUT2D eigenvalue weighted by Gasteiger charge is -2.14. The van der Waals surface area contributed by atoms with Gasteiger partial charge in [-0.3, -0.25) is 10.1 Å². The maximum Gasteiger partial charge on any atom is 0.296 e. The number of nitrogens with zero attached hydrogens (tertiary/aromatic N) is 1. The SMILES string of the molecule is COc1ccc(NC(=S)NCC2CCCO2)c([N+](=O)[O-])c1. The van der Waals surface area contributed by atoms with Crippen LogP contribution >= 0.6 is 12.2 Å². The van der Waals surface area contributed by atoms with Gasteiger partial charge in [-0.15, -0.1) is 0 Å². The quantitative estimate of drug-likeness (QED) is 0.489. The Morgan fingerprint density at radius 1 is 1.62 bits per heavy atom. The Kier molecular flexibility index (Phi) is 5.29. The molecule has 1 aromatic rings. The molecule has 2 rings (SSSR count). The number of anilines is 1. The zero-order valence-electron chi connectivity index (χ0n) is 11.6. The number of hydrogen-bond acceptors (Lipinski definition) is 5. The minimum absolute atomic E-state index is 0.0874. The third-order valence-corrected chi connectivity index (χ3v) is 3.41. The topological polar surface area (TPSA) is 85.7 Å². The van der Waals surface area contributed by atoms with E-state index in [2.05, 4.69) is 10.6 Å². The van der Waals surface area contributed by atoms with Gasteiger partial charge in [-0.2, -0.15) is 0 Å². The van der Waals surface area contributed by atoms with Crippen molar-refractivity contribution in [1.82, 2.24) is 5.32 Å². The molecule has 2 N–H and O–H groups in total. The predicted octanol–water partition coefficient (Wildman–Crippen LogP) is 2.07. The van der Waals surface area contributed by atoms with Crippen molar-refractivity contribution in [1.29, 1.82) is 0 Å². The lowest BCUT2D eigenvalue weighted by Crippen LogP contribution is -2.34. The molecule has 8 heteroatoms. The van der Waals surface area contributed by atoms with E-state index in [0.29, 0.717) is 23.1 Å². The highest BCUT2D eigenvalue weighted by molar-refractivity contribution is 7.80. The average Bonchev–Trinajstić information content (AvgIpc) is 2.98. The molecule has 1 saturated heterocycles. The highest BCUT2D eigenvalue weighted by Crippen LogP contribution is 2.28. The van der Waals surface area contributed by atoms with Crippen LogP contribution in [0.15, 0.2) is 18.2 Å². The summed E-state index contributed by atoms with van der Waals surface area (Å²) in [6, 6.07) is 4.56. The summed E-state index contributed by atoms with van der Waals surface area (Å²) in [5.41, 5.74) is 0.237. The number of nitrogens with one attached hydrogen (secondary N) is 2. The summed E-state index contributed by atoms with van der Waals surface area (Å²) in [5.74, 6) is 0.422. The van der Waals surface area contributed by atoms with Crippen LogP contribution in [-0.4, -0.2) is 36.4 Å². The standard InChI is InChI=1S/C13H17N3O4S/c1-19-9-4-5-11(12(7-9)16(17)18)15-13(21)14-8-10-3-2-6-20-10/h4-5,7,10H,2-3,6,8H2,1H3,(H2,14,15,21). The van der Waals surface area contributed by atoms with E-state index in [1.54, 1.807) is 12.1 Å². The fraction of sp³-hybridized carbons (Fsp3) is 0.462. The monoisotopic (exact) mass is 311 g/mol. The van der Waals surface area contributed by atoms with Crippen LogP contribution in [-0.2, 0) is 4.74 Å². The van der Waals surface area contributed by atoms with E-state index in [1.807, 2.05) is 0 Å². The van der Waals surface area contributed by atoms with Gasteiger partial charge in [0.2, 0.25) is 0 Å². The highest BCUT2D eigenvalue weighted by atomic mass is 32.1.